The van der Waals surface area contributed by atoms with Gasteiger partial charge in [-0.05, 0) is 30.0 Å². The average Bonchev–Trinajstić information content (AvgIpc) is 3.82. The van der Waals surface area contributed by atoms with Crippen molar-refractivity contribution in [1.82, 2.24) is 0 Å². The Kier molecular flexibility index (Phi) is 7.01. The number of oxime groups is 1. The fraction of sp³-hybridized carbons (Fsp3) is 0.184. The molecule has 2 fully saturated rings. The normalized spacial score (nSPS) is 25.4. The van der Waals surface area contributed by atoms with Crippen LogP contribution in [0.15, 0.2) is 151 Å². The van der Waals surface area contributed by atoms with Gasteiger partial charge in [-0.15, -0.1) is 0 Å². The molecule has 1 heterocycles. The summed E-state index contributed by atoms with van der Waals surface area (Å²) in [6.45, 7) is 0. The predicted molar refractivity (Wildman–Crippen MR) is 180 cm³/mol. The average molecular weight is 632 g/mol. The lowest BCUT2D eigenvalue weighted by atomic mass is 9.80. The summed E-state index contributed by atoms with van der Waals surface area (Å²) in [4.78, 5) is 6.26. The molecular formula is C38H32FNO3P2. The fourth-order valence-electron chi connectivity index (χ4n) is 8.40. The maximum absolute atomic E-state index is 16.4. The highest BCUT2D eigenvalue weighted by atomic mass is 31.2. The van der Waals surface area contributed by atoms with Gasteiger partial charge in [0.25, 0.3) is 0 Å². The molecule has 5 aromatic carbocycles. The van der Waals surface area contributed by atoms with Crippen molar-refractivity contribution in [2.75, 3.05) is 0 Å². The summed E-state index contributed by atoms with van der Waals surface area (Å²) in [6.07, 6.45) is 0.412. The lowest BCUT2D eigenvalue weighted by Gasteiger charge is -2.44. The molecule has 0 N–H and O–H groups in total. The van der Waals surface area contributed by atoms with E-state index in [1.807, 2.05) is 121 Å². The van der Waals surface area contributed by atoms with Crippen molar-refractivity contribution in [2.45, 2.75) is 23.8 Å². The zero-order valence-corrected chi connectivity index (χ0v) is 26.3. The van der Waals surface area contributed by atoms with E-state index in [9.17, 15) is 4.39 Å². The minimum Gasteiger partial charge on any atom is -0.391 e. The Morgan fingerprint density at radius 2 is 0.956 bits per heavy atom. The summed E-state index contributed by atoms with van der Waals surface area (Å²) in [5.74, 6) is -0.741. The molecule has 2 bridgehead atoms. The Bertz CT molecular complexity index is 1870. The van der Waals surface area contributed by atoms with Gasteiger partial charge in [-0.2, -0.15) is 0 Å². The predicted octanol–water partition coefficient (Wildman–Crippen LogP) is 6.96. The molecule has 5 aromatic rings. The summed E-state index contributed by atoms with van der Waals surface area (Å²) >= 11 is 0. The Morgan fingerprint density at radius 1 is 0.556 bits per heavy atom. The second kappa shape index (κ2) is 11.1. The second-order valence-electron chi connectivity index (χ2n) is 12.3. The zero-order chi connectivity index (χ0) is 30.6. The SMILES string of the molecule is O=P(c1ccccc1)(c1ccccc1)C1C2CC(C3C(c4ccc(F)cc4)=NOC23)C1P(=O)(c1ccccc1)c1ccccc1. The first-order valence-corrected chi connectivity index (χ1v) is 19.0. The van der Waals surface area contributed by atoms with Crippen molar-refractivity contribution in [3.8, 4) is 0 Å². The second-order valence-corrected chi connectivity index (χ2v) is 18.2. The minimum atomic E-state index is -3.43. The number of nitrogens with zero attached hydrogens (tertiary/aromatic N) is 1. The topological polar surface area (TPSA) is 55.7 Å². The summed E-state index contributed by atoms with van der Waals surface area (Å²) in [6, 6.07) is 45.3. The van der Waals surface area contributed by atoms with Crippen molar-refractivity contribution in [2.24, 2.45) is 22.9 Å². The molecule has 224 valence electrons. The highest BCUT2D eigenvalue weighted by Gasteiger charge is 2.70. The molecule has 0 spiro atoms. The first-order valence-electron chi connectivity index (χ1n) is 15.4. The fourth-order valence-corrected chi connectivity index (χ4v) is 16.9. The maximum Gasteiger partial charge on any atom is 0.147 e. The van der Waals surface area contributed by atoms with Gasteiger partial charge in [0.05, 0.1) is 5.71 Å². The van der Waals surface area contributed by atoms with Crippen LogP contribution in [0.25, 0.3) is 0 Å². The van der Waals surface area contributed by atoms with Gasteiger partial charge in [-0.25, -0.2) is 4.39 Å². The van der Waals surface area contributed by atoms with Crippen LogP contribution in [-0.2, 0) is 14.0 Å². The highest BCUT2D eigenvalue weighted by Crippen LogP contribution is 2.73. The van der Waals surface area contributed by atoms with E-state index in [0.717, 1.165) is 38.9 Å². The summed E-state index contributed by atoms with van der Waals surface area (Å²) in [5, 5.41) is 7.66. The number of hydrogen-bond acceptors (Lipinski definition) is 4. The third kappa shape index (κ3) is 4.36. The Balaban J connectivity index is 1.38. The quantitative estimate of drug-likeness (QED) is 0.183. The smallest absolute Gasteiger partial charge is 0.147 e. The van der Waals surface area contributed by atoms with E-state index >= 15 is 9.13 Å². The minimum absolute atomic E-state index is 0.122. The number of hydrogen-bond donors (Lipinski definition) is 0. The van der Waals surface area contributed by atoms with Crippen LogP contribution in [-0.4, -0.2) is 23.1 Å². The van der Waals surface area contributed by atoms with E-state index in [4.69, 9.17) is 4.84 Å². The zero-order valence-electron chi connectivity index (χ0n) is 24.5. The summed E-state index contributed by atoms with van der Waals surface area (Å²) < 4.78 is 46.6. The molecule has 4 nitrogen and oxygen atoms in total. The standard InChI is InChI=1S/C38H32FNO3P2/c39-27-23-21-26(22-24-27)35-34-32-25-33(36(34)43-40-35)38(45(42,30-17-9-3-10-18-30)31-19-11-4-12-20-31)37(32)44(41,28-13-5-1-6-14-28)29-15-7-2-8-16-29/h1-24,32-34,36-38H,25H2. The summed E-state index contributed by atoms with van der Waals surface area (Å²) in [5.41, 5.74) is 0.655. The van der Waals surface area contributed by atoms with Crippen molar-refractivity contribution < 1.29 is 18.4 Å². The molecule has 0 aromatic heterocycles. The molecule has 6 atom stereocenters. The molecule has 1 aliphatic heterocycles. The van der Waals surface area contributed by atoms with Crippen LogP contribution < -0.4 is 21.2 Å². The molecule has 6 unspecified atom stereocenters. The third-order valence-corrected chi connectivity index (χ3v) is 17.7. The molecule has 0 saturated heterocycles. The molecule has 0 radical (unpaired) electrons. The van der Waals surface area contributed by atoms with Gasteiger partial charge >= 0.3 is 0 Å². The highest BCUT2D eigenvalue weighted by molar-refractivity contribution is 7.83. The van der Waals surface area contributed by atoms with Gasteiger partial charge in [0, 0.05) is 44.4 Å². The number of fused-ring (bicyclic) bond motifs is 5. The molecule has 2 saturated carbocycles. The lowest BCUT2D eigenvalue weighted by Crippen LogP contribution is -2.50. The third-order valence-electron chi connectivity index (χ3n) is 10.1. The van der Waals surface area contributed by atoms with Crippen LogP contribution in [0.5, 0.6) is 0 Å². The Morgan fingerprint density at radius 3 is 1.38 bits per heavy atom. The lowest BCUT2D eigenvalue weighted by molar-refractivity contribution is 0.0293. The van der Waals surface area contributed by atoms with Crippen LogP contribution >= 0.6 is 14.3 Å². The van der Waals surface area contributed by atoms with Crippen LogP contribution in [0, 0.1) is 23.6 Å². The molecule has 0 amide bonds. The number of rotatable bonds is 7. The van der Waals surface area contributed by atoms with Gasteiger partial charge < -0.3 is 14.0 Å². The van der Waals surface area contributed by atoms with E-state index < -0.39 is 25.6 Å². The van der Waals surface area contributed by atoms with Crippen molar-refractivity contribution in [3.63, 3.8) is 0 Å². The van der Waals surface area contributed by atoms with Gasteiger partial charge in [-0.3, -0.25) is 0 Å². The van der Waals surface area contributed by atoms with Gasteiger partial charge in [0.2, 0.25) is 0 Å². The molecule has 7 heteroatoms. The maximum atomic E-state index is 16.4. The van der Waals surface area contributed by atoms with Crippen molar-refractivity contribution in [3.05, 3.63) is 157 Å². The van der Waals surface area contributed by atoms with Gasteiger partial charge in [-0.1, -0.05) is 139 Å². The first-order chi connectivity index (χ1) is 22.0. The van der Waals surface area contributed by atoms with Crippen molar-refractivity contribution in [1.29, 1.82) is 0 Å². The van der Waals surface area contributed by atoms with Crippen LogP contribution in [0.4, 0.5) is 4.39 Å². The van der Waals surface area contributed by atoms with E-state index in [1.165, 1.54) is 12.1 Å². The van der Waals surface area contributed by atoms with E-state index in [1.54, 1.807) is 12.1 Å². The Labute approximate surface area is 262 Å². The van der Waals surface area contributed by atoms with Gasteiger partial charge in [0.15, 0.2) is 0 Å². The van der Waals surface area contributed by atoms with Crippen molar-refractivity contribution >= 4 is 41.2 Å². The number of halogens is 1. The van der Waals surface area contributed by atoms with E-state index in [0.29, 0.717) is 0 Å². The number of benzene rings is 5. The molecule has 45 heavy (non-hydrogen) atoms. The Hall–Kier alpha value is -4.04. The summed E-state index contributed by atoms with van der Waals surface area (Å²) in [7, 11) is -6.83. The van der Waals surface area contributed by atoms with E-state index in [2.05, 4.69) is 5.16 Å². The molecule has 2 aliphatic carbocycles. The molecular weight excluding hydrogens is 599 g/mol. The molecule has 8 rings (SSSR count). The first kappa shape index (κ1) is 28.4. The van der Waals surface area contributed by atoms with Crippen LogP contribution in [0.2, 0.25) is 0 Å². The molecule has 3 aliphatic rings. The van der Waals surface area contributed by atoms with Gasteiger partial charge in [0.1, 0.15) is 26.2 Å². The van der Waals surface area contributed by atoms with E-state index in [-0.39, 0.29) is 29.7 Å². The van der Waals surface area contributed by atoms with Crippen LogP contribution in [0.1, 0.15) is 12.0 Å². The largest absolute Gasteiger partial charge is 0.391 e. The van der Waals surface area contributed by atoms with Crippen LogP contribution in [0.3, 0.4) is 0 Å². The monoisotopic (exact) mass is 631 g/mol.